The zero-order chi connectivity index (χ0) is 14.4. The van der Waals surface area contributed by atoms with E-state index < -0.39 is 12.0 Å². The fourth-order valence-corrected chi connectivity index (χ4v) is 1.72. The topological polar surface area (TPSA) is 73.3 Å². The Kier molecular flexibility index (Phi) is 4.49. The molecule has 1 aromatic heterocycles. The van der Waals surface area contributed by atoms with Crippen LogP contribution in [0.5, 0.6) is 5.88 Å². The van der Waals surface area contributed by atoms with E-state index in [4.69, 9.17) is 9.47 Å². The quantitative estimate of drug-likeness (QED) is 0.838. The van der Waals surface area contributed by atoms with Crippen LogP contribution in [0.3, 0.4) is 0 Å². The van der Waals surface area contributed by atoms with Gasteiger partial charge in [-0.2, -0.15) is 0 Å². The van der Waals surface area contributed by atoms with Crippen LogP contribution in [0, 0.1) is 0 Å². The molecule has 6 nitrogen and oxygen atoms in total. The van der Waals surface area contributed by atoms with E-state index in [1.807, 2.05) is 30.3 Å². The van der Waals surface area contributed by atoms with E-state index in [1.54, 1.807) is 6.07 Å². The van der Waals surface area contributed by atoms with Crippen LogP contribution in [0.2, 0.25) is 0 Å². The fourth-order valence-electron chi connectivity index (χ4n) is 1.72. The highest BCUT2D eigenvalue weighted by atomic mass is 16.5. The monoisotopic (exact) mass is 273 g/mol. The first-order valence-electron chi connectivity index (χ1n) is 6.00. The zero-order valence-electron chi connectivity index (χ0n) is 11.2. The molecule has 20 heavy (non-hydrogen) atoms. The molecule has 0 aliphatic rings. The van der Waals surface area contributed by atoms with Gasteiger partial charge in [-0.3, -0.25) is 0 Å². The number of carbonyl (C=O) groups excluding carboxylic acids is 1. The maximum atomic E-state index is 11.9. The Bertz CT molecular complexity index is 575. The standard InChI is InChI=1S/C14H15N3O3/c1-19-12-8-11(15-9-16-12)17-13(14(18)20-2)10-6-4-3-5-7-10/h3-9,13H,1-2H3,(H,15,16,17). The highest BCUT2D eigenvalue weighted by molar-refractivity contribution is 5.80. The number of nitrogens with one attached hydrogen (secondary N) is 1. The van der Waals surface area contributed by atoms with E-state index in [2.05, 4.69) is 15.3 Å². The molecule has 0 aliphatic heterocycles. The minimum Gasteiger partial charge on any atom is -0.481 e. The third-order valence-electron chi connectivity index (χ3n) is 2.71. The summed E-state index contributed by atoms with van der Waals surface area (Å²) in [5.41, 5.74) is 0.789. The van der Waals surface area contributed by atoms with Crippen LogP contribution in [0.25, 0.3) is 0 Å². The number of esters is 1. The number of hydrogen-bond acceptors (Lipinski definition) is 6. The Morgan fingerprint density at radius 3 is 2.60 bits per heavy atom. The van der Waals surface area contributed by atoms with Crippen molar-refractivity contribution < 1.29 is 14.3 Å². The Morgan fingerprint density at radius 2 is 1.95 bits per heavy atom. The first-order chi connectivity index (χ1) is 9.74. The van der Waals surface area contributed by atoms with Crippen molar-refractivity contribution in [2.24, 2.45) is 0 Å². The molecule has 1 N–H and O–H groups in total. The maximum Gasteiger partial charge on any atom is 0.333 e. The molecule has 104 valence electrons. The summed E-state index contributed by atoms with van der Waals surface area (Å²) in [6, 6.07) is 10.2. The lowest BCUT2D eigenvalue weighted by atomic mass is 10.1. The van der Waals surface area contributed by atoms with Crippen molar-refractivity contribution >= 4 is 11.8 Å². The third kappa shape index (κ3) is 3.23. The second-order valence-corrected chi connectivity index (χ2v) is 3.96. The molecule has 2 aromatic rings. The lowest BCUT2D eigenvalue weighted by molar-refractivity contribution is -0.141. The van der Waals surface area contributed by atoms with Crippen LogP contribution < -0.4 is 10.1 Å². The minimum absolute atomic E-state index is 0.395. The van der Waals surface area contributed by atoms with E-state index in [0.717, 1.165) is 5.56 Å². The average molecular weight is 273 g/mol. The number of aromatic nitrogens is 2. The van der Waals surface area contributed by atoms with Gasteiger partial charge in [0.1, 0.15) is 12.1 Å². The summed E-state index contributed by atoms with van der Waals surface area (Å²) in [7, 11) is 2.86. The number of ether oxygens (including phenoxy) is 2. The molecular formula is C14H15N3O3. The smallest absolute Gasteiger partial charge is 0.333 e. The Balaban J connectivity index is 2.26. The Hall–Kier alpha value is -2.63. The lowest BCUT2D eigenvalue weighted by Gasteiger charge is -2.17. The molecule has 1 atom stereocenters. The van der Waals surface area contributed by atoms with Crippen molar-refractivity contribution in [3.05, 3.63) is 48.3 Å². The lowest BCUT2D eigenvalue weighted by Crippen LogP contribution is -2.22. The predicted octanol–water partition coefficient (Wildman–Crippen LogP) is 1.81. The van der Waals surface area contributed by atoms with Crippen LogP contribution in [-0.4, -0.2) is 30.2 Å². The fraction of sp³-hybridized carbons (Fsp3) is 0.214. The van der Waals surface area contributed by atoms with Crippen molar-refractivity contribution in [2.45, 2.75) is 6.04 Å². The van der Waals surface area contributed by atoms with Crippen molar-refractivity contribution in [1.82, 2.24) is 9.97 Å². The highest BCUT2D eigenvalue weighted by Gasteiger charge is 2.21. The molecule has 0 spiro atoms. The molecular weight excluding hydrogens is 258 g/mol. The van der Waals surface area contributed by atoms with Gasteiger partial charge in [0, 0.05) is 6.07 Å². The van der Waals surface area contributed by atoms with E-state index in [-0.39, 0.29) is 0 Å². The number of hydrogen-bond donors (Lipinski definition) is 1. The van der Waals surface area contributed by atoms with E-state index >= 15 is 0 Å². The van der Waals surface area contributed by atoms with Crippen LogP contribution in [0.15, 0.2) is 42.7 Å². The molecule has 1 heterocycles. The van der Waals surface area contributed by atoms with E-state index in [1.165, 1.54) is 20.5 Å². The first kappa shape index (κ1) is 13.8. The summed E-state index contributed by atoms with van der Waals surface area (Å²) in [5, 5.41) is 3.02. The third-order valence-corrected chi connectivity index (χ3v) is 2.71. The average Bonchev–Trinajstić information content (AvgIpc) is 2.53. The van der Waals surface area contributed by atoms with Gasteiger partial charge >= 0.3 is 5.97 Å². The number of carbonyl (C=O) groups is 1. The summed E-state index contributed by atoms with van der Waals surface area (Å²) in [4.78, 5) is 19.9. The molecule has 0 amide bonds. The number of methoxy groups -OCH3 is 2. The summed E-state index contributed by atoms with van der Waals surface area (Å²) < 4.78 is 9.84. The largest absolute Gasteiger partial charge is 0.481 e. The second kappa shape index (κ2) is 6.51. The Morgan fingerprint density at radius 1 is 1.20 bits per heavy atom. The van der Waals surface area contributed by atoms with Gasteiger partial charge in [0.15, 0.2) is 6.04 Å². The number of nitrogens with zero attached hydrogens (tertiary/aromatic N) is 2. The molecule has 0 saturated carbocycles. The van der Waals surface area contributed by atoms with Crippen LogP contribution in [0.4, 0.5) is 5.82 Å². The van der Waals surface area contributed by atoms with Gasteiger partial charge in [-0.15, -0.1) is 0 Å². The molecule has 1 aromatic carbocycles. The van der Waals surface area contributed by atoms with E-state index in [0.29, 0.717) is 11.7 Å². The van der Waals surface area contributed by atoms with Crippen LogP contribution >= 0.6 is 0 Å². The van der Waals surface area contributed by atoms with Crippen LogP contribution in [-0.2, 0) is 9.53 Å². The minimum atomic E-state index is -0.638. The van der Waals surface area contributed by atoms with Crippen molar-refractivity contribution in [3.8, 4) is 5.88 Å². The van der Waals surface area contributed by atoms with Gasteiger partial charge in [-0.1, -0.05) is 30.3 Å². The van der Waals surface area contributed by atoms with Gasteiger partial charge in [0.2, 0.25) is 5.88 Å². The molecule has 0 bridgehead atoms. The highest BCUT2D eigenvalue weighted by Crippen LogP contribution is 2.20. The van der Waals surface area contributed by atoms with Crippen molar-refractivity contribution in [1.29, 1.82) is 0 Å². The summed E-state index contributed by atoms with van der Waals surface area (Å²) in [5.74, 6) is 0.504. The van der Waals surface area contributed by atoms with Crippen LogP contribution in [0.1, 0.15) is 11.6 Å². The molecule has 1 unspecified atom stereocenters. The van der Waals surface area contributed by atoms with Crippen molar-refractivity contribution in [3.63, 3.8) is 0 Å². The molecule has 6 heteroatoms. The second-order valence-electron chi connectivity index (χ2n) is 3.96. The molecule has 0 fully saturated rings. The first-order valence-corrected chi connectivity index (χ1v) is 6.00. The summed E-state index contributed by atoms with van der Waals surface area (Å²) in [6.45, 7) is 0. The maximum absolute atomic E-state index is 11.9. The van der Waals surface area contributed by atoms with Gasteiger partial charge in [-0.25, -0.2) is 14.8 Å². The molecule has 2 rings (SSSR count). The molecule has 0 aliphatic carbocycles. The number of anilines is 1. The predicted molar refractivity (Wildman–Crippen MR) is 73.4 cm³/mol. The molecule has 0 saturated heterocycles. The summed E-state index contributed by atoms with van der Waals surface area (Å²) in [6.07, 6.45) is 1.36. The zero-order valence-corrected chi connectivity index (χ0v) is 11.2. The van der Waals surface area contributed by atoms with E-state index in [9.17, 15) is 4.79 Å². The van der Waals surface area contributed by atoms with Gasteiger partial charge in [0.25, 0.3) is 0 Å². The normalized spacial score (nSPS) is 11.5. The SMILES string of the molecule is COC(=O)C(Nc1cc(OC)ncn1)c1ccccc1. The van der Waals surface area contributed by atoms with Gasteiger partial charge in [-0.05, 0) is 5.56 Å². The summed E-state index contributed by atoms with van der Waals surface area (Å²) >= 11 is 0. The molecule has 0 radical (unpaired) electrons. The van der Waals surface area contributed by atoms with Gasteiger partial charge < -0.3 is 14.8 Å². The number of benzene rings is 1. The van der Waals surface area contributed by atoms with Crippen molar-refractivity contribution in [2.75, 3.05) is 19.5 Å². The van der Waals surface area contributed by atoms with Gasteiger partial charge in [0.05, 0.1) is 14.2 Å². The Labute approximate surface area is 116 Å². The number of rotatable bonds is 5.